The van der Waals surface area contributed by atoms with Crippen molar-refractivity contribution >= 4 is 5.84 Å². The number of aromatic nitrogens is 2. The van der Waals surface area contributed by atoms with Crippen LogP contribution < -0.4 is 11.3 Å². The first-order valence-corrected chi connectivity index (χ1v) is 3.39. The van der Waals surface area contributed by atoms with E-state index in [9.17, 15) is 0 Å². The molecule has 0 aliphatic heterocycles. The highest BCUT2D eigenvalue weighted by molar-refractivity contribution is 5.96. The van der Waals surface area contributed by atoms with E-state index in [-0.39, 0.29) is 0 Å². The minimum atomic E-state index is 0.630. The van der Waals surface area contributed by atoms with Gasteiger partial charge in [0.1, 0.15) is 5.69 Å². The van der Waals surface area contributed by atoms with Crippen molar-refractivity contribution in [1.29, 1.82) is 0 Å². The van der Waals surface area contributed by atoms with Crippen LogP contribution in [0.2, 0.25) is 0 Å². The summed E-state index contributed by atoms with van der Waals surface area (Å²) < 4.78 is 0. The maximum absolute atomic E-state index is 5.22. The average Bonchev–Trinajstić information content (AvgIpc) is 2.52. The summed E-state index contributed by atoms with van der Waals surface area (Å²) in [6.45, 7) is 2.63. The van der Waals surface area contributed by atoms with Crippen LogP contribution in [-0.4, -0.2) is 22.6 Å². The third-order valence-electron chi connectivity index (χ3n) is 1.21. The summed E-state index contributed by atoms with van der Waals surface area (Å²) in [7, 11) is 0. The van der Waals surface area contributed by atoms with E-state index >= 15 is 0 Å². The molecule has 0 aliphatic rings. The second-order valence-electron chi connectivity index (χ2n) is 1.94. The SMILES string of the molecule is CCN=C(NN)c1ccn[nH]1. The molecule has 0 bridgehead atoms. The molecule has 0 fully saturated rings. The van der Waals surface area contributed by atoms with E-state index in [4.69, 9.17) is 5.84 Å². The molecule has 0 unspecified atom stereocenters. The molecule has 1 aromatic rings. The van der Waals surface area contributed by atoms with Crippen molar-refractivity contribution in [2.45, 2.75) is 6.92 Å². The summed E-state index contributed by atoms with van der Waals surface area (Å²) in [5.41, 5.74) is 3.28. The lowest BCUT2D eigenvalue weighted by atomic mass is 10.4. The molecule has 1 heterocycles. The fourth-order valence-corrected chi connectivity index (χ4v) is 0.754. The first-order chi connectivity index (χ1) is 5.38. The number of hydrogen-bond donors (Lipinski definition) is 3. The van der Waals surface area contributed by atoms with Crippen LogP contribution in [-0.2, 0) is 0 Å². The second kappa shape index (κ2) is 3.72. The van der Waals surface area contributed by atoms with E-state index in [0.29, 0.717) is 12.4 Å². The summed E-state index contributed by atoms with van der Waals surface area (Å²) in [5, 5.41) is 6.52. The molecule has 1 rings (SSSR count). The molecule has 0 radical (unpaired) electrons. The number of amidine groups is 1. The van der Waals surface area contributed by atoms with Crippen molar-refractivity contribution in [2.75, 3.05) is 6.54 Å². The number of nitrogens with one attached hydrogen (secondary N) is 2. The normalized spacial score (nSPS) is 11.6. The Morgan fingerprint density at radius 1 is 1.91 bits per heavy atom. The highest BCUT2D eigenvalue weighted by atomic mass is 15.3. The van der Waals surface area contributed by atoms with E-state index in [1.807, 2.05) is 6.92 Å². The highest BCUT2D eigenvalue weighted by Gasteiger charge is 1.99. The molecular weight excluding hydrogens is 142 g/mol. The molecule has 5 heteroatoms. The Bertz CT molecular complexity index is 225. The fourth-order valence-electron chi connectivity index (χ4n) is 0.754. The molecule has 5 nitrogen and oxygen atoms in total. The van der Waals surface area contributed by atoms with Crippen LogP contribution in [0.25, 0.3) is 0 Å². The van der Waals surface area contributed by atoms with Gasteiger partial charge in [0, 0.05) is 12.7 Å². The predicted molar refractivity (Wildman–Crippen MR) is 43.0 cm³/mol. The summed E-state index contributed by atoms with van der Waals surface area (Å²) in [4.78, 5) is 4.09. The number of hydrogen-bond acceptors (Lipinski definition) is 3. The number of aliphatic imine (C=N–C) groups is 1. The first-order valence-electron chi connectivity index (χ1n) is 3.39. The summed E-state index contributed by atoms with van der Waals surface area (Å²) in [6, 6.07) is 1.80. The average molecular weight is 153 g/mol. The Hall–Kier alpha value is -1.36. The lowest BCUT2D eigenvalue weighted by molar-refractivity contribution is 0.970. The van der Waals surface area contributed by atoms with Gasteiger partial charge < -0.3 is 5.43 Å². The summed E-state index contributed by atoms with van der Waals surface area (Å²) in [5.74, 6) is 5.85. The van der Waals surface area contributed by atoms with Crippen LogP contribution in [0.1, 0.15) is 12.6 Å². The smallest absolute Gasteiger partial charge is 0.160 e. The van der Waals surface area contributed by atoms with Gasteiger partial charge in [-0.15, -0.1) is 0 Å². The van der Waals surface area contributed by atoms with E-state index in [0.717, 1.165) is 5.69 Å². The Labute approximate surface area is 64.7 Å². The predicted octanol–water partition coefficient (Wildman–Crippen LogP) is -0.361. The molecule has 0 amide bonds. The van der Waals surface area contributed by atoms with Gasteiger partial charge in [-0.2, -0.15) is 5.10 Å². The van der Waals surface area contributed by atoms with Gasteiger partial charge in [-0.1, -0.05) is 0 Å². The molecule has 11 heavy (non-hydrogen) atoms. The van der Waals surface area contributed by atoms with Gasteiger partial charge in [-0.3, -0.25) is 10.1 Å². The molecule has 0 saturated heterocycles. The van der Waals surface area contributed by atoms with Crippen LogP contribution in [0.5, 0.6) is 0 Å². The van der Waals surface area contributed by atoms with Crippen molar-refractivity contribution in [3.05, 3.63) is 18.0 Å². The maximum atomic E-state index is 5.22. The summed E-state index contributed by atoms with van der Waals surface area (Å²) >= 11 is 0. The molecule has 60 valence electrons. The van der Waals surface area contributed by atoms with Gasteiger partial charge in [-0.05, 0) is 13.0 Å². The summed E-state index contributed by atoms with van der Waals surface area (Å²) in [6.07, 6.45) is 1.65. The minimum Gasteiger partial charge on any atom is -0.307 e. The van der Waals surface area contributed by atoms with E-state index in [1.165, 1.54) is 0 Å². The van der Waals surface area contributed by atoms with Crippen molar-refractivity contribution in [1.82, 2.24) is 15.6 Å². The first kappa shape index (κ1) is 7.74. The van der Waals surface area contributed by atoms with Crippen molar-refractivity contribution in [2.24, 2.45) is 10.8 Å². The Morgan fingerprint density at radius 3 is 3.18 bits per heavy atom. The Morgan fingerprint density at radius 2 is 2.73 bits per heavy atom. The van der Waals surface area contributed by atoms with Gasteiger partial charge in [0.05, 0.1) is 0 Å². The zero-order chi connectivity index (χ0) is 8.10. The number of nitrogens with two attached hydrogens (primary N) is 1. The highest BCUT2D eigenvalue weighted by Crippen LogP contribution is 1.91. The van der Waals surface area contributed by atoms with Crippen molar-refractivity contribution in [3.8, 4) is 0 Å². The minimum absolute atomic E-state index is 0.630. The van der Waals surface area contributed by atoms with Crippen LogP contribution in [0.3, 0.4) is 0 Å². The molecule has 4 N–H and O–H groups in total. The molecule has 1 aromatic heterocycles. The zero-order valence-electron chi connectivity index (χ0n) is 6.33. The Kier molecular flexibility index (Phi) is 2.62. The molecule has 0 aliphatic carbocycles. The van der Waals surface area contributed by atoms with Gasteiger partial charge in [0.2, 0.25) is 0 Å². The zero-order valence-corrected chi connectivity index (χ0v) is 6.33. The number of rotatable bonds is 2. The Balaban J connectivity index is 2.79. The molecule has 0 spiro atoms. The van der Waals surface area contributed by atoms with E-state index in [1.54, 1.807) is 12.3 Å². The standard InChI is InChI=1S/C6H11N5/c1-2-8-6(10-7)5-3-4-9-11-5/h3-4H,2,7H2,1H3,(H,8,10)(H,9,11). The van der Waals surface area contributed by atoms with Gasteiger partial charge >= 0.3 is 0 Å². The van der Waals surface area contributed by atoms with Crippen LogP contribution in [0.4, 0.5) is 0 Å². The van der Waals surface area contributed by atoms with E-state index in [2.05, 4.69) is 20.6 Å². The van der Waals surface area contributed by atoms with Crippen LogP contribution >= 0.6 is 0 Å². The number of aromatic amines is 1. The number of nitrogens with zero attached hydrogens (tertiary/aromatic N) is 2. The van der Waals surface area contributed by atoms with Crippen molar-refractivity contribution < 1.29 is 0 Å². The molecule has 0 atom stereocenters. The monoisotopic (exact) mass is 153 g/mol. The second-order valence-corrected chi connectivity index (χ2v) is 1.94. The lowest BCUT2D eigenvalue weighted by Gasteiger charge is -1.99. The van der Waals surface area contributed by atoms with Crippen molar-refractivity contribution in [3.63, 3.8) is 0 Å². The number of hydrazine groups is 1. The maximum Gasteiger partial charge on any atom is 0.160 e. The van der Waals surface area contributed by atoms with Gasteiger partial charge in [0.15, 0.2) is 5.84 Å². The molecular formula is C6H11N5. The quantitative estimate of drug-likeness (QED) is 0.235. The topological polar surface area (TPSA) is 79.1 Å². The number of H-pyrrole nitrogens is 1. The van der Waals surface area contributed by atoms with E-state index < -0.39 is 0 Å². The van der Waals surface area contributed by atoms with Crippen LogP contribution in [0, 0.1) is 0 Å². The largest absolute Gasteiger partial charge is 0.307 e. The molecule has 0 aromatic carbocycles. The lowest BCUT2D eigenvalue weighted by Crippen LogP contribution is -2.31. The van der Waals surface area contributed by atoms with Crippen LogP contribution in [0.15, 0.2) is 17.3 Å². The third kappa shape index (κ3) is 1.78. The third-order valence-corrected chi connectivity index (χ3v) is 1.21. The molecule has 0 saturated carbocycles. The fraction of sp³-hybridized carbons (Fsp3) is 0.333. The van der Waals surface area contributed by atoms with Gasteiger partial charge in [0.25, 0.3) is 0 Å². The van der Waals surface area contributed by atoms with Gasteiger partial charge in [-0.25, -0.2) is 5.84 Å².